The van der Waals surface area contributed by atoms with Gasteiger partial charge in [-0.15, -0.1) is 0 Å². The molecule has 1 aliphatic rings. The highest BCUT2D eigenvalue weighted by molar-refractivity contribution is 6.79. The van der Waals surface area contributed by atoms with Crippen LogP contribution in [0.5, 0.6) is 0 Å². The Morgan fingerprint density at radius 2 is 1.69 bits per heavy atom. The molecule has 13 heavy (non-hydrogen) atoms. The summed E-state index contributed by atoms with van der Waals surface area (Å²) in [5.41, 5.74) is 0.810. The lowest BCUT2D eigenvalue weighted by atomic mass is 10.3. The van der Waals surface area contributed by atoms with Gasteiger partial charge in [-0.2, -0.15) is 0 Å². The van der Waals surface area contributed by atoms with Crippen molar-refractivity contribution in [2.24, 2.45) is 0 Å². The maximum absolute atomic E-state index is 2.52. The average molecular weight is 194 g/mol. The van der Waals surface area contributed by atoms with Crippen LogP contribution in [-0.2, 0) is 0 Å². The van der Waals surface area contributed by atoms with Crippen molar-refractivity contribution in [3.05, 3.63) is 24.3 Å². The van der Waals surface area contributed by atoms with E-state index in [4.69, 9.17) is 0 Å². The van der Waals surface area contributed by atoms with Gasteiger partial charge in [-0.25, -0.2) is 0 Å². The first kappa shape index (κ1) is 10.8. The highest BCUT2D eigenvalue weighted by Crippen LogP contribution is 2.32. The van der Waals surface area contributed by atoms with Crippen molar-refractivity contribution in [3.8, 4) is 0 Å². The molecule has 0 aliphatic heterocycles. The molecule has 0 heterocycles. The maximum Gasteiger partial charge on any atom is 0.0588 e. The van der Waals surface area contributed by atoms with Crippen molar-refractivity contribution >= 4 is 8.07 Å². The van der Waals surface area contributed by atoms with E-state index in [1.165, 1.54) is 25.3 Å². The number of unbranched alkanes of at least 4 members (excludes halogenated alkanes) is 2. The fourth-order valence-corrected chi connectivity index (χ4v) is 4.71. The van der Waals surface area contributed by atoms with Crippen LogP contribution in [0.2, 0.25) is 24.7 Å². The third-order valence-corrected chi connectivity index (χ3v) is 6.91. The summed E-state index contributed by atoms with van der Waals surface area (Å²) in [6, 6.07) is 1.49. The van der Waals surface area contributed by atoms with Crippen LogP contribution in [-0.4, -0.2) is 8.07 Å². The van der Waals surface area contributed by atoms with Crippen LogP contribution >= 0.6 is 0 Å². The molecule has 0 nitrogen and oxygen atoms in total. The quantitative estimate of drug-likeness (QED) is 0.450. The van der Waals surface area contributed by atoms with Crippen molar-refractivity contribution in [1.29, 1.82) is 0 Å². The summed E-state index contributed by atoms with van der Waals surface area (Å²) in [7, 11) is -0.981. The molecule has 0 N–H and O–H groups in total. The van der Waals surface area contributed by atoms with Gasteiger partial charge in [0.1, 0.15) is 0 Å². The van der Waals surface area contributed by atoms with Crippen molar-refractivity contribution in [1.82, 2.24) is 0 Å². The van der Waals surface area contributed by atoms with E-state index < -0.39 is 8.07 Å². The zero-order valence-electron chi connectivity index (χ0n) is 9.22. The molecule has 0 radical (unpaired) electrons. The van der Waals surface area contributed by atoms with Crippen molar-refractivity contribution < 1.29 is 0 Å². The zero-order chi connectivity index (χ0) is 9.73. The fraction of sp³-hybridized carbons (Fsp3) is 0.667. The summed E-state index contributed by atoms with van der Waals surface area (Å²) >= 11 is 0. The molecule has 74 valence electrons. The molecule has 0 saturated heterocycles. The molecule has 0 aromatic carbocycles. The highest BCUT2D eigenvalue weighted by Gasteiger charge is 2.28. The first-order valence-electron chi connectivity index (χ1n) is 5.52. The molecule has 0 aromatic heterocycles. The van der Waals surface area contributed by atoms with Gasteiger partial charge in [0.25, 0.3) is 0 Å². The molecule has 0 spiro atoms. The highest BCUT2D eigenvalue weighted by atomic mass is 28.3. The summed E-state index contributed by atoms with van der Waals surface area (Å²) in [5, 5.41) is 0. The Balaban J connectivity index is 2.36. The molecule has 0 amide bonds. The Morgan fingerprint density at radius 3 is 2.23 bits per heavy atom. The van der Waals surface area contributed by atoms with E-state index in [1.807, 2.05) is 0 Å². The van der Waals surface area contributed by atoms with Gasteiger partial charge in [-0.05, 0) is 5.54 Å². The average Bonchev–Trinajstić information content (AvgIpc) is 2.56. The van der Waals surface area contributed by atoms with Gasteiger partial charge in [-0.3, -0.25) is 0 Å². The van der Waals surface area contributed by atoms with Gasteiger partial charge in [0.15, 0.2) is 0 Å². The normalized spacial score (nSPS) is 17.2. The van der Waals surface area contributed by atoms with Gasteiger partial charge >= 0.3 is 0 Å². The van der Waals surface area contributed by atoms with Crippen LogP contribution in [0.3, 0.4) is 0 Å². The molecule has 0 unspecified atom stereocenters. The predicted octanol–water partition coefficient (Wildman–Crippen LogP) is 4.38. The summed E-state index contributed by atoms with van der Waals surface area (Å²) in [6.07, 6.45) is 13.4. The lowest BCUT2D eigenvalue weighted by Crippen LogP contribution is -2.29. The lowest BCUT2D eigenvalue weighted by Gasteiger charge is -2.27. The minimum absolute atomic E-state index is 0.810. The van der Waals surface area contributed by atoms with Crippen LogP contribution in [0, 0.1) is 0 Å². The molecule has 0 fully saturated rings. The predicted molar refractivity (Wildman–Crippen MR) is 63.8 cm³/mol. The van der Waals surface area contributed by atoms with Crippen LogP contribution in [0.4, 0.5) is 0 Å². The van der Waals surface area contributed by atoms with Gasteiger partial charge in [0.2, 0.25) is 0 Å². The molecule has 1 heteroatoms. The molecule has 0 bridgehead atoms. The van der Waals surface area contributed by atoms with E-state index in [-0.39, 0.29) is 0 Å². The largest absolute Gasteiger partial charge is 0.0803 e. The molecule has 1 aliphatic carbocycles. The minimum Gasteiger partial charge on any atom is -0.0803 e. The van der Waals surface area contributed by atoms with Crippen LogP contribution in [0.1, 0.15) is 26.2 Å². The number of hydrogen-bond donors (Lipinski definition) is 0. The Kier molecular flexibility index (Phi) is 3.98. The van der Waals surface area contributed by atoms with Crippen LogP contribution in [0.15, 0.2) is 24.3 Å². The zero-order valence-corrected chi connectivity index (χ0v) is 10.2. The summed E-state index contributed by atoms with van der Waals surface area (Å²) in [4.78, 5) is 0. The lowest BCUT2D eigenvalue weighted by molar-refractivity contribution is 0.760. The smallest absolute Gasteiger partial charge is 0.0588 e. The van der Waals surface area contributed by atoms with Gasteiger partial charge in [-0.1, -0.05) is 69.6 Å². The molecule has 0 atom stereocenters. The standard InChI is InChI=1S/C12H22Si/c1-4-5-8-11-13(2,3)12-9-6-7-10-12/h6-7,9-10,12H,4-5,8,11H2,1-3H3. The Morgan fingerprint density at radius 1 is 1.08 bits per heavy atom. The van der Waals surface area contributed by atoms with Crippen molar-refractivity contribution in [2.75, 3.05) is 0 Å². The Bertz CT molecular complexity index is 189. The van der Waals surface area contributed by atoms with E-state index in [0.717, 1.165) is 5.54 Å². The monoisotopic (exact) mass is 194 g/mol. The second kappa shape index (κ2) is 4.80. The molecular formula is C12H22Si. The number of hydrogen-bond acceptors (Lipinski definition) is 0. The Labute approximate surface area is 83.7 Å². The summed E-state index contributed by atoms with van der Waals surface area (Å²) in [5.74, 6) is 0. The summed E-state index contributed by atoms with van der Waals surface area (Å²) < 4.78 is 0. The maximum atomic E-state index is 2.52. The van der Waals surface area contributed by atoms with E-state index >= 15 is 0 Å². The summed E-state index contributed by atoms with van der Waals surface area (Å²) in [6.45, 7) is 7.32. The van der Waals surface area contributed by atoms with Crippen LogP contribution in [0.25, 0.3) is 0 Å². The number of rotatable bonds is 5. The second-order valence-corrected chi connectivity index (χ2v) is 9.89. The van der Waals surface area contributed by atoms with Crippen molar-refractivity contribution in [3.63, 3.8) is 0 Å². The molecular weight excluding hydrogens is 172 g/mol. The molecule has 0 aromatic rings. The SMILES string of the molecule is CCCCC[Si](C)(C)C1C=CC=C1. The van der Waals surface area contributed by atoms with Crippen molar-refractivity contribution in [2.45, 2.75) is 50.9 Å². The van der Waals surface area contributed by atoms with Crippen LogP contribution < -0.4 is 0 Å². The Hall–Kier alpha value is -0.303. The third-order valence-electron chi connectivity index (χ3n) is 3.08. The van der Waals surface area contributed by atoms with E-state index in [9.17, 15) is 0 Å². The fourth-order valence-electron chi connectivity index (χ4n) is 1.95. The van der Waals surface area contributed by atoms with Gasteiger partial charge < -0.3 is 0 Å². The first-order chi connectivity index (χ1) is 6.17. The van der Waals surface area contributed by atoms with Gasteiger partial charge in [0.05, 0.1) is 8.07 Å². The minimum atomic E-state index is -0.981. The van der Waals surface area contributed by atoms with E-state index in [1.54, 1.807) is 0 Å². The first-order valence-corrected chi connectivity index (χ1v) is 8.80. The molecule has 1 rings (SSSR count). The second-order valence-electron chi connectivity index (χ2n) is 4.74. The van der Waals surface area contributed by atoms with Gasteiger partial charge in [0, 0.05) is 0 Å². The molecule has 0 saturated carbocycles. The van der Waals surface area contributed by atoms with E-state index in [2.05, 4.69) is 44.3 Å². The van der Waals surface area contributed by atoms with E-state index in [0.29, 0.717) is 0 Å². The topological polar surface area (TPSA) is 0 Å². The number of allylic oxidation sites excluding steroid dienone is 4. The third kappa shape index (κ3) is 3.15.